The van der Waals surface area contributed by atoms with Gasteiger partial charge >= 0.3 is 5.97 Å². The van der Waals surface area contributed by atoms with Gasteiger partial charge < -0.3 is 15.5 Å². The molecular formula is C15H27NO4. The Morgan fingerprint density at radius 2 is 1.85 bits per heavy atom. The van der Waals surface area contributed by atoms with E-state index in [1.165, 1.54) is 6.92 Å². The van der Waals surface area contributed by atoms with Crippen LogP contribution in [0.25, 0.3) is 0 Å². The lowest BCUT2D eigenvalue weighted by Gasteiger charge is -2.31. The van der Waals surface area contributed by atoms with Gasteiger partial charge in [0.2, 0.25) is 5.91 Å². The molecule has 1 aliphatic rings. The third-order valence-electron chi connectivity index (χ3n) is 4.00. The number of hydrogen-bond acceptors (Lipinski definition) is 3. The van der Waals surface area contributed by atoms with E-state index in [0.717, 1.165) is 32.1 Å². The number of carbonyl (C=O) groups is 2. The van der Waals surface area contributed by atoms with Crippen LogP contribution in [0.3, 0.4) is 0 Å². The molecule has 5 nitrogen and oxygen atoms in total. The van der Waals surface area contributed by atoms with Crippen LogP contribution in [0.15, 0.2) is 0 Å². The van der Waals surface area contributed by atoms with E-state index in [0.29, 0.717) is 5.92 Å². The molecule has 0 aromatic heterocycles. The van der Waals surface area contributed by atoms with Gasteiger partial charge in [-0.15, -0.1) is 0 Å². The largest absolute Gasteiger partial charge is 0.481 e. The second-order valence-corrected chi connectivity index (χ2v) is 6.84. The molecule has 3 N–H and O–H groups in total. The number of aliphatic carboxylic acids is 1. The van der Waals surface area contributed by atoms with Gasteiger partial charge in [0.05, 0.1) is 12.0 Å². The molecule has 0 saturated heterocycles. The van der Waals surface area contributed by atoms with Crippen LogP contribution >= 0.6 is 0 Å². The number of nitrogens with one attached hydrogen (secondary N) is 1. The van der Waals surface area contributed by atoms with Crippen molar-refractivity contribution in [2.45, 2.75) is 64.9 Å². The summed E-state index contributed by atoms with van der Waals surface area (Å²) in [5.74, 6) is -0.658. The third kappa shape index (κ3) is 4.78. The first kappa shape index (κ1) is 17.0. The van der Waals surface area contributed by atoms with Gasteiger partial charge in [-0.1, -0.05) is 26.7 Å². The van der Waals surface area contributed by atoms with Gasteiger partial charge in [-0.05, 0) is 32.1 Å². The van der Waals surface area contributed by atoms with E-state index in [9.17, 15) is 14.7 Å². The van der Waals surface area contributed by atoms with Gasteiger partial charge in [-0.3, -0.25) is 9.59 Å². The molecule has 5 heteroatoms. The van der Waals surface area contributed by atoms with Crippen LogP contribution in [0.5, 0.6) is 0 Å². The predicted molar refractivity (Wildman–Crippen MR) is 76.2 cm³/mol. The maximum Gasteiger partial charge on any atom is 0.306 e. The van der Waals surface area contributed by atoms with E-state index in [2.05, 4.69) is 19.2 Å². The van der Waals surface area contributed by atoms with Crippen molar-refractivity contribution >= 4 is 11.9 Å². The number of hydrogen-bond donors (Lipinski definition) is 3. The average Bonchev–Trinajstić information content (AvgIpc) is 2.73. The standard InChI is InChI=1S/C15H27NO4/c1-11(2)8-15(6-4-5-7-15)13(19)16-10-14(3,20)9-12(17)18/h11,20H,4-10H2,1-3H3,(H,16,19)(H,17,18). The van der Waals surface area contributed by atoms with Gasteiger partial charge in [0, 0.05) is 12.0 Å². The van der Waals surface area contributed by atoms with Crippen molar-refractivity contribution in [3.8, 4) is 0 Å². The minimum atomic E-state index is -1.40. The Bertz CT molecular complexity index is 357. The van der Waals surface area contributed by atoms with Crippen molar-refractivity contribution in [1.29, 1.82) is 0 Å². The molecule has 1 atom stereocenters. The zero-order chi connectivity index (χ0) is 15.4. The Labute approximate surface area is 120 Å². The van der Waals surface area contributed by atoms with Gasteiger partial charge in [0.1, 0.15) is 0 Å². The van der Waals surface area contributed by atoms with Crippen molar-refractivity contribution in [2.24, 2.45) is 11.3 Å². The van der Waals surface area contributed by atoms with Crippen LogP contribution in [0, 0.1) is 11.3 Å². The monoisotopic (exact) mass is 285 g/mol. The highest BCUT2D eigenvalue weighted by atomic mass is 16.4. The van der Waals surface area contributed by atoms with Crippen LogP contribution in [-0.4, -0.2) is 34.2 Å². The molecule has 0 spiro atoms. The fourth-order valence-corrected chi connectivity index (χ4v) is 3.20. The molecular weight excluding hydrogens is 258 g/mol. The number of amides is 1. The van der Waals surface area contributed by atoms with E-state index in [4.69, 9.17) is 5.11 Å². The first-order chi connectivity index (χ1) is 9.17. The van der Waals surface area contributed by atoms with Gasteiger partial charge in [0.15, 0.2) is 0 Å². The molecule has 0 aromatic rings. The predicted octanol–water partition coefficient (Wildman–Crippen LogP) is 1.93. The highest BCUT2D eigenvalue weighted by molar-refractivity contribution is 5.83. The van der Waals surface area contributed by atoms with Gasteiger partial charge in [-0.2, -0.15) is 0 Å². The molecule has 1 fully saturated rings. The molecule has 1 aliphatic carbocycles. The second kappa shape index (κ2) is 6.57. The Kier molecular flexibility index (Phi) is 5.57. The van der Waals surface area contributed by atoms with Crippen LogP contribution in [0.4, 0.5) is 0 Å². The van der Waals surface area contributed by atoms with E-state index in [-0.39, 0.29) is 24.3 Å². The molecule has 1 rings (SSSR count). The minimum Gasteiger partial charge on any atom is -0.481 e. The summed E-state index contributed by atoms with van der Waals surface area (Å²) in [6.45, 7) is 5.63. The summed E-state index contributed by atoms with van der Waals surface area (Å²) < 4.78 is 0. The Morgan fingerprint density at radius 1 is 1.30 bits per heavy atom. The summed E-state index contributed by atoms with van der Waals surface area (Å²) in [6, 6.07) is 0. The number of aliphatic hydroxyl groups is 1. The molecule has 1 saturated carbocycles. The topological polar surface area (TPSA) is 86.6 Å². The van der Waals surface area contributed by atoms with Gasteiger partial charge in [0.25, 0.3) is 0 Å². The van der Waals surface area contributed by atoms with Crippen LogP contribution in [0.1, 0.15) is 59.3 Å². The van der Waals surface area contributed by atoms with Crippen molar-refractivity contribution in [3.63, 3.8) is 0 Å². The summed E-state index contributed by atoms with van der Waals surface area (Å²) in [7, 11) is 0. The number of carboxylic acid groups (broad SMARTS) is 1. The second-order valence-electron chi connectivity index (χ2n) is 6.84. The lowest BCUT2D eigenvalue weighted by Crippen LogP contribution is -2.47. The fourth-order valence-electron chi connectivity index (χ4n) is 3.20. The first-order valence-corrected chi connectivity index (χ1v) is 7.39. The summed E-state index contributed by atoms with van der Waals surface area (Å²) >= 11 is 0. The lowest BCUT2D eigenvalue weighted by molar-refractivity contribution is -0.143. The van der Waals surface area contributed by atoms with E-state index >= 15 is 0 Å². The SMILES string of the molecule is CC(C)CC1(C(=O)NCC(C)(O)CC(=O)O)CCCC1. The van der Waals surface area contributed by atoms with E-state index < -0.39 is 11.6 Å². The Hall–Kier alpha value is -1.10. The number of carbonyl (C=O) groups excluding carboxylic acids is 1. The summed E-state index contributed by atoms with van der Waals surface area (Å²) in [5, 5.41) is 21.4. The maximum atomic E-state index is 12.5. The molecule has 1 unspecified atom stereocenters. The van der Waals surface area contributed by atoms with Gasteiger partial charge in [-0.25, -0.2) is 0 Å². The van der Waals surface area contributed by atoms with Crippen molar-refractivity contribution in [3.05, 3.63) is 0 Å². The van der Waals surface area contributed by atoms with E-state index in [1.807, 2.05) is 0 Å². The van der Waals surface area contributed by atoms with Crippen LogP contribution in [0.2, 0.25) is 0 Å². The Balaban J connectivity index is 2.61. The molecule has 0 radical (unpaired) electrons. The lowest BCUT2D eigenvalue weighted by atomic mass is 9.77. The molecule has 1 amide bonds. The number of carboxylic acids is 1. The van der Waals surface area contributed by atoms with Crippen molar-refractivity contribution < 1.29 is 19.8 Å². The normalized spacial score (nSPS) is 20.6. The highest BCUT2D eigenvalue weighted by Gasteiger charge is 2.41. The Morgan fingerprint density at radius 3 is 2.30 bits per heavy atom. The fraction of sp³-hybridized carbons (Fsp3) is 0.867. The first-order valence-electron chi connectivity index (χ1n) is 7.39. The minimum absolute atomic E-state index is 0.0159. The molecule has 0 heterocycles. The zero-order valence-electron chi connectivity index (χ0n) is 12.7. The quantitative estimate of drug-likeness (QED) is 0.667. The van der Waals surface area contributed by atoms with Crippen molar-refractivity contribution in [2.75, 3.05) is 6.54 Å². The summed E-state index contributed by atoms with van der Waals surface area (Å²) in [6.07, 6.45) is 4.37. The zero-order valence-corrected chi connectivity index (χ0v) is 12.7. The third-order valence-corrected chi connectivity index (χ3v) is 4.00. The highest BCUT2D eigenvalue weighted by Crippen LogP contribution is 2.43. The summed E-state index contributed by atoms with van der Waals surface area (Å²) in [5.41, 5.74) is -1.73. The number of rotatable bonds is 7. The molecule has 0 aromatic carbocycles. The van der Waals surface area contributed by atoms with Crippen LogP contribution in [-0.2, 0) is 9.59 Å². The maximum absolute atomic E-state index is 12.5. The van der Waals surface area contributed by atoms with E-state index in [1.54, 1.807) is 0 Å². The average molecular weight is 285 g/mol. The molecule has 116 valence electrons. The molecule has 0 bridgehead atoms. The van der Waals surface area contributed by atoms with Crippen LogP contribution < -0.4 is 5.32 Å². The molecule has 20 heavy (non-hydrogen) atoms. The van der Waals surface area contributed by atoms with Crippen molar-refractivity contribution in [1.82, 2.24) is 5.32 Å². The smallest absolute Gasteiger partial charge is 0.306 e. The summed E-state index contributed by atoms with van der Waals surface area (Å²) in [4.78, 5) is 23.1. The molecule has 0 aliphatic heterocycles.